The summed E-state index contributed by atoms with van der Waals surface area (Å²) in [6.45, 7) is 8.56. The van der Waals surface area contributed by atoms with Gasteiger partial charge in [0.2, 0.25) is 0 Å². The lowest BCUT2D eigenvalue weighted by atomic mass is 9.92. The van der Waals surface area contributed by atoms with Gasteiger partial charge in [-0.25, -0.2) is 14.3 Å². The molecule has 0 unspecified atom stereocenters. The summed E-state index contributed by atoms with van der Waals surface area (Å²) < 4.78 is 3.28. The molecule has 0 atom stereocenters. The van der Waals surface area contributed by atoms with Crippen molar-refractivity contribution in [1.29, 1.82) is 0 Å². The van der Waals surface area contributed by atoms with E-state index < -0.39 is 0 Å². The first-order valence-electron chi connectivity index (χ1n) is 9.06. The van der Waals surface area contributed by atoms with Gasteiger partial charge in [0.1, 0.15) is 5.82 Å². The molecule has 0 saturated carbocycles. The van der Waals surface area contributed by atoms with Crippen LogP contribution in [0.2, 0.25) is 0 Å². The Hall–Kier alpha value is -3.03. The summed E-state index contributed by atoms with van der Waals surface area (Å²) in [5, 5.41) is 8.75. The van der Waals surface area contributed by atoms with Gasteiger partial charge in [-0.1, -0.05) is 20.8 Å². The van der Waals surface area contributed by atoms with Gasteiger partial charge in [-0.3, -0.25) is 9.78 Å². The van der Waals surface area contributed by atoms with Gasteiger partial charge in [-0.15, -0.1) is 0 Å². The fourth-order valence-corrected chi connectivity index (χ4v) is 3.11. The molecule has 1 fully saturated rings. The summed E-state index contributed by atoms with van der Waals surface area (Å²) in [5.41, 5.74) is 0.793. The van der Waals surface area contributed by atoms with Crippen LogP contribution >= 0.6 is 0 Å². The van der Waals surface area contributed by atoms with Crippen molar-refractivity contribution in [2.45, 2.75) is 32.7 Å². The van der Waals surface area contributed by atoms with Gasteiger partial charge in [0, 0.05) is 42.9 Å². The first kappa shape index (κ1) is 17.4. The van der Waals surface area contributed by atoms with Gasteiger partial charge in [-0.05, 0) is 12.1 Å². The minimum Gasteiger partial charge on any atom is -0.354 e. The van der Waals surface area contributed by atoms with E-state index in [4.69, 9.17) is 0 Å². The molecule has 140 valence electrons. The van der Waals surface area contributed by atoms with Crippen LogP contribution in [0.3, 0.4) is 0 Å². The van der Waals surface area contributed by atoms with Crippen LogP contribution in [0, 0.1) is 5.92 Å². The first-order chi connectivity index (χ1) is 12.9. The maximum atomic E-state index is 12.2. The largest absolute Gasteiger partial charge is 0.354 e. The van der Waals surface area contributed by atoms with E-state index in [0.717, 1.165) is 24.6 Å². The summed E-state index contributed by atoms with van der Waals surface area (Å²) in [4.78, 5) is 23.2. The normalized spacial score (nSPS) is 15.0. The molecule has 3 aromatic heterocycles. The van der Waals surface area contributed by atoms with Gasteiger partial charge in [0.05, 0.1) is 24.6 Å². The van der Waals surface area contributed by atoms with E-state index in [9.17, 15) is 4.79 Å². The Labute approximate surface area is 157 Å². The second kappa shape index (κ2) is 6.61. The molecule has 0 amide bonds. The van der Waals surface area contributed by atoms with Crippen LogP contribution < -0.4 is 10.5 Å². The molecule has 8 heteroatoms. The number of anilines is 1. The summed E-state index contributed by atoms with van der Waals surface area (Å²) in [7, 11) is 0. The first-order valence-corrected chi connectivity index (χ1v) is 9.06. The molecule has 1 saturated heterocycles. The molecule has 4 heterocycles. The van der Waals surface area contributed by atoms with Crippen LogP contribution in [0.4, 0.5) is 5.82 Å². The Kier molecular flexibility index (Phi) is 4.25. The van der Waals surface area contributed by atoms with Crippen LogP contribution in [-0.4, -0.2) is 42.6 Å². The van der Waals surface area contributed by atoms with E-state index in [1.54, 1.807) is 34.0 Å². The van der Waals surface area contributed by atoms with Crippen molar-refractivity contribution in [2.24, 2.45) is 5.92 Å². The average molecular weight is 365 g/mol. The van der Waals surface area contributed by atoms with Crippen molar-refractivity contribution in [3.63, 3.8) is 0 Å². The van der Waals surface area contributed by atoms with E-state index in [1.807, 2.05) is 18.3 Å². The molecule has 1 aliphatic rings. The number of hydrogen-bond donors (Lipinski definition) is 0. The standard InChI is InChI=1S/C19H23N7O/c1-19(2,3)15-5-6-18(27)26(23-15)13-14-11-24(12-14)16-9-20-10-17(22-16)25-8-4-7-21-25/h4-10,14H,11-13H2,1-3H3. The van der Waals surface area contributed by atoms with Crippen molar-refractivity contribution in [2.75, 3.05) is 18.0 Å². The van der Waals surface area contributed by atoms with Gasteiger partial charge in [-0.2, -0.15) is 10.2 Å². The third-order valence-electron chi connectivity index (χ3n) is 4.70. The average Bonchev–Trinajstić information content (AvgIpc) is 3.13. The third kappa shape index (κ3) is 3.60. The summed E-state index contributed by atoms with van der Waals surface area (Å²) in [5.74, 6) is 1.88. The fourth-order valence-electron chi connectivity index (χ4n) is 3.11. The minimum absolute atomic E-state index is 0.0538. The molecule has 0 radical (unpaired) electrons. The molecule has 0 aromatic carbocycles. The van der Waals surface area contributed by atoms with E-state index in [0.29, 0.717) is 18.3 Å². The van der Waals surface area contributed by atoms with Crippen LogP contribution in [-0.2, 0) is 12.0 Å². The Morgan fingerprint density at radius 1 is 1.15 bits per heavy atom. The Morgan fingerprint density at radius 3 is 2.63 bits per heavy atom. The molecular weight excluding hydrogens is 342 g/mol. The lowest BCUT2D eigenvalue weighted by Gasteiger charge is -2.40. The molecule has 8 nitrogen and oxygen atoms in total. The van der Waals surface area contributed by atoms with Crippen LogP contribution in [0.5, 0.6) is 0 Å². The van der Waals surface area contributed by atoms with E-state index in [2.05, 4.69) is 45.8 Å². The van der Waals surface area contributed by atoms with E-state index in [-0.39, 0.29) is 11.0 Å². The van der Waals surface area contributed by atoms with Crippen molar-refractivity contribution in [3.05, 3.63) is 59.0 Å². The van der Waals surface area contributed by atoms with E-state index >= 15 is 0 Å². The highest BCUT2D eigenvalue weighted by Crippen LogP contribution is 2.24. The van der Waals surface area contributed by atoms with Crippen LogP contribution in [0.25, 0.3) is 5.82 Å². The smallest absolute Gasteiger partial charge is 0.266 e. The lowest BCUT2D eigenvalue weighted by Crippen LogP contribution is -2.50. The molecule has 0 bridgehead atoms. The molecule has 4 rings (SSSR count). The maximum Gasteiger partial charge on any atom is 0.266 e. The van der Waals surface area contributed by atoms with Crippen molar-refractivity contribution in [1.82, 2.24) is 29.5 Å². The third-order valence-corrected chi connectivity index (χ3v) is 4.70. The Bertz CT molecular complexity index is 982. The minimum atomic E-state index is -0.0797. The van der Waals surface area contributed by atoms with Crippen LogP contribution in [0.15, 0.2) is 47.8 Å². The lowest BCUT2D eigenvalue weighted by molar-refractivity contribution is 0.327. The highest BCUT2D eigenvalue weighted by molar-refractivity contribution is 5.42. The highest BCUT2D eigenvalue weighted by Gasteiger charge is 2.29. The zero-order valence-corrected chi connectivity index (χ0v) is 15.8. The molecule has 0 aliphatic carbocycles. The summed E-state index contributed by atoms with van der Waals surface area (Å²) in [6, 6.07) is 5.29. The van der Waals surface area contributed by atoms with Crippen molar-refractivity contribution >= 4 is 5.82 Å². The summed E-state index contributed by atoms with van der Waals surface area (Å²) >= 11 is 0. The maximum absolute atomic E-state index is 12.2. The van der Waals surface area contributed by atoms with E-state index in [1.165, 1.54) is 0 Å². The fraction of sp³-hybridized carbons (Fsp3) is 0.421. The second-order valence-corrected chi connectivity index (χ2v) is 7.95. The molecule has 0 N–H and O–H groups in total. The quantitative estimate of drug-likeness (QED) is 0.699. The number of hydrogen-bond acceptors (Lipinski definition) is 6. The predicted octanol–water partition coefficient (Wildman–Crippen LogP) is 1.65. The predicted molar refractivity (Wildman–Crippen MR) is 102 cm³/mol. The zero-order valence-electron chi connectivity index (χ0n) is 15.8. The number of aromatic nitrogens is 6. The van der Waals surface area contributed by atoms with Gasteiger partial charge in [0.25, 0.3) is 5.56 Å². The number of rotatable bonds is 4. The zero-order chi connectivity index (χ0) is 19.0. The van der Waals surface area contributed by atoms with Crippen LogP contribution in [0.1, 0.15) is 26.5 Å². The number of nitrogens with zero attached hydrogens (tertiary/aromatic N) is 7. The molecular formula is C19H23N7O. The van der Waals surface area contributed by atoms with Crippen molar-refractivity contribution < 1.29 is 0 Å². The SMILES string of the molecule is CC(C)(C)c1ccc(=O)n(CC2CN(c3cncc(-n4cccn4)n3)C2)n1. The molecule has 3 aromatic rings. The Morgan fingerprint density at radius 2 is 1.93 bits per heavy atom. The highest BCUT2D eigenvalue weighted by atomic mass is 16.1. The van der Waals surface area contributed by atoms with Gasteiger partial charge < -0.3 is 4.90 Å². The molecule has 1 aliphatic heterocycles. The topological polar surface area (TPSA) is 81.7 Å². The molecule has 0 spiro atoms. The van der Waals surface area contributed by atoms with Crippen molar-refractivity contribution in [3.8, 4) is 5.82 Å². The van der Waals surface area contributed by atoms with Gasteiger partial charge >= 0.3 is 0 Å². The summed E-state index contributed by atoms with van der Waals surface area (Å²) in [6.07, 6.45) is 7.00. The monoisotopic (exact) mass is 365 g/mol. The van der Waals surface area contributed by atoms with Gasteiger partial charge in [0.15, 0.2) is 5.82 Å². The second-order valence-electron chi connectivity index (χ2n) is 7.95. The Balaban J connectivity index is 1.44. The molecule has 27 heavy (non-hydrogen) atoms.